The molecule has 14 nitrogen and oxygen atoms in total. The Balaban J connectivity index is 0.000000102. The Morgan fingerprint density at radius 2 is 0.482 bits per heavy atom. The van der Waals surface area contributed by atoms with Crippen LogP contribution in [0.3, 0.4) is 0 Å². The van der Waals surface area contributed by atoms with Gasteiger partial charge in [0.15, 0.2) is 23.1 Å². The minimum atomic E-state index is 0.566. The van der Waals surface area contributed by atoms with Crippen LogP contribution >= 0.6 is 11.3 Å². The summed E-state index contributed by atoms with van der Waals surface area (Å²) in [6.07, 6.45) is 0. The Bertz CT molecular complexity index is 10200. The van der Waals surface area contributed by atoms with Crippen molar-refractivity contribution in [2.45, 2.75) is 0 Å². The molecule has 0 bridgehead atoms. The first-order chi connectivity index (χ1) is 70.0. The summed E-state index contributed by atoms with van der Waals surface area (Å²) in [6, 6.07) is 156. The molecule has 0 amide bonds. The number of rotatable bonds is 10. The van der Waals surface area contributed by atoms with Crippen LogP contribution < -0.4 is 0 Å². The van der Waals surface area contributed by atoms with E-state index in [0.717, 1.165) is 188 Å². The second-order valence-corrected chi connectivity index (χ2v) is 36.7. The standard InChI is InChI=1S/C46H28N4O.C40H23N3O2.C40H23N3OS/c1-3-15-29(16-4-1)45-47-42(41-36-22-10-14-26-40(36)51-46(41)48-45)35-21-9-13-25-39(35)50-38-24-12-8-20-32(38)34-28-27-33-31-19-7-11-23-37(31)49(43(33)44(34)50)30-17-5-2-6-18-30;1-2-12-24(13-3-1)39-41-36(35-30-17-7-11-21-34(30)45-40(35)42-39)29-16-5-9-19-32(29)43-31-18-8-4-14-25(31)27-22-23-28-26-15-6-10-20-33(26)44-38(28)37(27)43;1-2-12-24(13-3-1)39-41-36(35-30-17-6-10-20-33(30)44-40(35)42-39)29-16-5-9-19-32(29)43-31-18-8-4-14-25(31)27-22-23-28-26-15-7-11-21-34(26)45-38(28)37(27)43/h1-28H;2*1-23H. The quantitative estimate of drug-likeness (QED) is 0.129. The number of nitrogens with zero attached hydrogens (tertiary/aromatic N) is 10. The lowest BCUT2D eigenvalue weighted by molar-refractivity contribution is 0.653. The third kappa shape index (κ3) is 12.4. The van der Waals surface area contributed by atoms with Crippen molar-refractivity contribution >= 4 is 207 Å². The van der Waals surface area contributed by atoms with E-state index in [1.807, 2.05) is 169 Å². The van der Waals surface area contributed by atoms with Crippen LogP contribution in [0.5, 0.6) is 0 Å². The van der Waals surface area contributed by atoms with Crippen molar-refractivity contribution in [3.05, 3.63) is 449 Å². The molecule has 19 aromatic carbocycles. The first kappa shape index (κ1) is 79.4. The van der Waals surface area contributed by atoms with E-state index < -0.39 is 0 Å². The highest BCUT2D eigenvalue weighted by Gasteiger charge is 2.31. The fourth-order valence-corrected chi connectivity index (χ4v) is 23.0. The molecule has 0 radical (unpaired) electrons. The lowest BCUT2D eigenvalue weighted by atomic mass is 10.0. The minimum absolute atomic E-state index is 0.566. The van der Waals surface area contributed by atoms with E-state index in [9.17, 15) is 0 Å². The smallest absolute Gasteiger partial charge is 0.231 e. The number of benzene rings is 19. The van der Waals surface area contributed by atoms with Gasteiger partial charge in [0, 0.05) is 125 Å². The summed E-state index contributed by atoms with van der Waals surface area (Å²) in [4.78, 5) is 30.8. The first-order valence-electron chi connectivity index (χ1n) is 47.2. The average molecular weight is 1820 g/mol. The Kier molecular flexibility index (Phi) is 17.9. The highest BCUT2D eigenvalue weighted by atomic mass is 32.1. The topological polar surface area (TPSA) is 150 Å². The van der Waals surface area contributed by atoms with Gasteiger partial charge in [-0.25, -0.2) is 15.0 Å². The lowest BCUT2D eigenvalue weighted by Crippen LogP contribution is -2.02. The van der Waals surface area contributed by atoms with Crippen LogP contribution in [0, 0.1) is 0 Å². The zero-order chi connectivity index (χ0) is 92.4. The maximum atomic E-state index is 6.63. The summed E-state index contributed by atoms with van der Waals surface area (Å²) in [5.41, 5.74) is 27.5. The Morgan fingerprint density at radius 1 is 0.191 bits per heavy atom. The van der Waals surface area contributed by atoms with Gasteiger partial charge in [-0.2, -0.15) is 15.0 Å². The molecule has 0 aliphatic heterocycles. The fraction of sp³-hybridized carbons (Fsp3) is 0. The zero-order valence-electron chi connectivity index (χ0n) is 75.2. The molecule has 0 aliphatic carbocycles. The number of hydrogen-bond acceptors (Lipinski definition) is 11. The molecule has 0 atom stereocenters. The van der Waals surface area contributed by atoms with E-state index in [2.05, 4.69) is 309 Å². The van der Waals surface area contributed by atoms with Gasteiger partial charge >= 0.3 is 0 Å². The molecule has 0 unspecified atom stereocenters. The van der Waals surface area contributed by atoms with Crippen molar-refractivity contribution in [2.24, 2.45) is 0 Å². The van der Waals surface area contributed by atoms with Crippen LogP contribution in [0.1, 0.15) is 0 Å². The molecule has 0 saturated carbocycles. The highest BCUT2D eigenvalue weighted by molar-refractivity contribution is 7.26. The van der Waals surface area contributed by atoms with Gasteiger partial charge in [0.1, 0.15) is 22.3 Å². The van der Waals surface area contributed by atoms with Crippen molar-refractivity contribution in [1.82, 2.24) is 48.2 Å². The van der Waals surface area contributed by atoms with Crippen molar-refractivity contribution in [1.29, 1.82) is 0 Å². The molecule has 141 heavy (non-hydrogen) atoms. The summed E-state index contributed by atoms with van der Waals surface area (Å²) in [5, 5.41) is 20.1. The average Bonchev–Trinajstić information content (AvgIpc) is 1.49. The van der Waals surface area contributed by atoms with Gasteiger partial charge in [-0.3, -0.25) is 0 Å². The summed E-state index contributed by atoms with van der Waals surface area (Å²) >= 11 is 1.86. The van der Waals surface area contributed by atoms with Crippen molar-refractivity contribution in [2.75, 3.05) is 0 Å². The number of fused-ring (bicyclic) bond motifs is 30. The summed E-state index contributed by atoms with van der Waals surface area (Å²) in [6.45, 7) is 0. The van der Waals surface area contributed by atoms with Crippen LogP contribution in [-0.2, 0) is 0 Å². The van der Waals surface area contributed by atoms with Crippen LogP contribution in [-0.4, -0.2) is 48.2 Å². The minimum Gasteiger partial charge on any atom is -0.454 e. The normalized spacial score (nSPS) is 12.0. The molecule has 12 aromatic heterocycles. The predicted molar refractivity (Wildman–Crippen MR) is 578 cm³/mol. The molecule has 658 valence electrons. The predicted octanol–water partition coefficient (Wildman–Crippen LogP) is 33.8. The third-order valence-electron chi connectivity index (χ3n) is 27.9. The molecule has 0 aliphatic rings. The molecule has 0 saturated heterocycles. The monoisotopic (exact) mass is 1820 g/mol. The number of thiophene rings is 1. The van der Waals surface area contributed by atoms with E-state index >= 15 is 0 Å². The van der Waals surface area contributed by atoms with E-state index in [1.54, 1.807) is 0 Å². The van der Waals surface area contributed by atoms with Crippen LogP contribution in [0.15, 0.2) is 467 Å². The first-order valence-corrected chi connectivity index (χ1v) is 48.0. The Labute approximate surface area is 806 Å². The van der Waals surface area contributed by atoms with Gasteiger partial charge in [0.2, 0.25) is 17.1 Å². The summed E-state index contributed by atoms with van der Waals surface area (Å²) in [7, 11) is 0. The third-order valence-corrected chi connectivity index (χ3v) is 29.0. The lowest BCUT2D eigenvalue weighted by Gasteiger charge is -2.16. The number of furan rings is 4. The largest absolute Gasteiger partial charge is 0.454 e. The van der Waals surface area contributed by atoms with E-state index in [4.69, 9.17) is 47.6 Å². The van der Waals surface area contributed by atoms with Gasteiger partial charge < -0.3 is 35.9 Å². The van der Waals surface area contributed by atoms with Gasteiger partial charge in [-0.1, -0.05) is 358 Å². The van der Waals surface area contributed by atoms with Gasteiger partial charge in [0.05, 0.1) is 99.1 Å². The molecule has 0 fully saturated rings. The van der Waals surface area contributed by atoms with Crippen molar-refractivity contribution in [3.63, 3.8) is 0 Å². The summed E-state index contributed by atoms with van der Waals surface area (Å²) in [5.74, 6) is 1.88. The molecular weight excluding hydrogens is 1750 g/mol. The Hall–Kier alpha value is -19.0. The van der Waals surface area contributed by atoms with E-state index in [0.29, 0.717) is 34.6 Å². The summed E-state index contributed by atoms with van der Waals surface area (Å²) < 4.78 is 38.0. The number of aromatic nitrogens is 10. The van der Waals surface area contributed by atoms with Crippen LogP contribution in [0.2, 0.25) is 0 Å². The molecule has 0 N–H and O–H groups in total. The van der Waals surface area contributed by atoms with E-state index in [-0.39, 0.29) is 0 Å². The molecule has 15 heteroatoms. The highest BCUT2D eigenvalue weighted by Crippen LogP contribution is 2.51. The second kappa shape index (κ2) is 31.8. The maximum absolute atomic E-state index is 6.63. The fourth-order valence-electron chi connectivity index (χ4n) is 21.8. The molecule has 31 aromatic rings. The molecule has 31 rings (SSSR count). The SMILES string of the molecule is c1ccc(-c2nc(-c3ccccc3-n3c4ccccc4c4ccc5c6ccccc6n(-c6ccccc6)c5c43)c3c(n2)oc2ccccc23)cc1.c1ccc(-c2nc(-c3ccccc3-n3c4ccccc4c4ccc5c6ccccc6oc5c43)c3c(n2)oc2ccccc23)cc1.c1ccc(-c2nc(-c3ccccc3-n3c4ccccc4c4ccc5c6ccccc6sc5c43)c3c(n2)oc2ccccc23)cc1. The van der Waals surface area contributed by atoms with E-state index in [1.165, 1.54) is 63.5 Å². The van der Waals surface area contributed by atoms with Crippen molar-refractivity contribution < 1.29 is 17.7 Å². The van der Waals surface area contributed by atoms with Crippen LogP contribution in [0.4, 0.5) is 0 Å². The molecule has 0 spiro atoms. The second-order valence-electron chi connectivity index (χ2n) is 35.6. The number of hydrogen-bond donors (Lipinski definition) is 0. The Morgan fingerprint density at radius 3 is 0.908 bits per heavy atom. The van der Waals surface area contributed by atoms with Gasteiger partial charge in [0.25, 0.3) is 0 Å². The zero-order valence-corrected chi connectivity index (χ0v) is 76.1. The number of para-hydroxylation sites is 12. The molecular formula is C126H74N10O4S. The van der Waals surface area contributed by atoms with Crippen molar-refractivity contribution in [3.8, 4) is 90.7 Å². The van der Waals surface area contributed by atoms with Crippen LogP contribution in [0.25, 0.3) is 286 Å². The molecule has 12 heterocycles. The van der Waals surface area contributed by atoms with Gasteiger partial charge in [-0.05, 0) is 91.0 Å². The van der Waals surface area contributed by atoms with Gasteiger partial charge in [-0.15, -0.1) is 11.3 Å². The maximum Gasteiger partial charge on any atom is 0.231 e.